The molecule has 0 aliphatic rings. The van der Waals surface area contributed by atoms with Crippen LogP contribution >= 0.6 is 27.5 Å². The number of alkyl halides is 3. The number of halogens is 5. The number of rotatable bonds is 0. The highest BCUT2D eigenvalue weighted by Crippen LogP contribution is 2.30. The van der Waals surface area contributed by atoms with Gasteiger partial charge in [0.05, 0.1) is 5.02 Å². The third kappa shape index (κ3) is 2.10. The second-order valence-electron chi connectivity index (χ2n) is 1.97. The van der Waals surface area contributed by atoms with Crippen LogP contribution in [0.4, 0.5) is 13.2 Å². The zero-order valence-electron chi connectivity index (χ0n) is 5.49. The number of nitrogens with zero attached hydrogens (tertiary/aromatic N) is 1. The van der Waals surface area contributed by atoms with E-state index < -0.39 is 11.9 Å². The van der Waals surface area contributed by atoms with Gasteiger partial charge in [0.15, 0.2) is 0 Å². The van der Waals surface area contributed by atoms with Crippen molar-refractivity contribution in [3.8, 4) is 0 Å². The Kier molecular flexibility index (Phi) is 2.63. The van der Waals surface area contributed by atoms with E-state index in [0.717, 1.165) is 12.1 Å². The number of hydrogen-bond donors (Lipinski definition) is 0. The molecule has 0 radical (unpaired) electrons. The Bertz CT molecular complexity index is 299. The van der Waals surface area contributed by atoms with Crippen LogP contribution in [0.15, 0.2) is 16.7 Å². The summed E-state index contributed by atoms with van der Waals surface area (Å²) in [6, 6.07) is 1.97. The molecule has 0 spiro atoms. The number of hydrogen-bond acceptors (Lipinski definition) is 1. The third-order valence-electron chi connectivity index (χ3n) is 1.09. The summed E-state index contributed by atoms with van der Waals surface area (Å²) < 4.78 is 35.9. The van der Waals surface area contributed by atoms with Gasteiger partial charge < -0.3 is 0 Å². The Balaban J connectivity index is 3.14. The fourth-order valence-corrected chi connectivity index (χ4v) is 1.00. The average Bonchev–Trinajstić information content (AvgIpc) is 1.92. The fourth-order valence-electron chi connectivity index (χ4n) is 0.575. The van der Waals surface area contributed by atoms with Crippen molar-refractivity contribution in [2.45, 2.75) is 6.18 Å². The Hall–Kier alpha value is -0.290. The predicted octanol–water partition coefficient (Wildman–Crippen LogP) is 3.52. The van der Waals surface area contributed by atoms with E-state index in [2.05, 4.69) is 20.9 Å². The van der Waals surface area contributed by atoms with Gasteiger partial charge in [-0.3, -0.25) is 0 Å². The maximum atomic E-state index is 12.0. The molecule has 6 heteroatoms. The lowest BCUT2D eigenvalue weighted by molar-refractivity contribution is -0.141. The van der Waals surface area contributed by atoms with Crippen LogP contribution in [0, 0.1) is 0 Å². The summed E-state index contributed by atoms with van der Waals surface area (Å²) in [7, 11) is 0. The summed E-state index contributed by atoms with van der Waals surface area (Å²) in [5.41, 5.74) is -0.959. The van der Waals surface area contributed by atoms with Crippen molar-refractivity contribution in [2.75, 3.05) is 0 Å². The molecule has 0 amide bonds. The van der Waals surface area contributed by atoms with E-state index in [9.17, 15) is 13.2 Å². The fraction of sp³-hybridized carbons (Fsp3) is 0.167. The molecule has 0 saturated heterocycles. The smallest absolute Gasteiger partial charge is 0.235 e. The molecule has 0 N–H and O–H groups in total. The summed E-state index contributed by atoms with van der Waals surface area (Å²) in [5.74, 6) is 0. The second-order valence-corrected chi connectivity index (χ2v) is 3.13. The van der Waals surface area contributed by atoms with Gasteiger partial charge in [-0.25, -0.2) is 4.98 Å². The zero-order valence-corrected chi connectivity index (χ0v) is 7.83. The molecule has 0 atom stereocenters. The summed E-state index contributed by atoms with van der Waals surface area (Å²) >= 11 is 8.25. The third-order valence-corrected chi connectivity index (χ3v) is 2.23. The normalized spacial score (nSPS) is 11.8. The van der Waals surface area contributed by atoms with Gasteiger partial charge in [0, 0.05) is 0 Å². The van der Waals surface area contributed by atoms with Crippen LogP contribution in [-0.2, 0) is 6.18 Å². The minimum absolute atomic E-state index is 0.000934. The van der Waals surface area contributed by atoms with Crippen molar-refractivity contribution in [1.29, 1.82) is 0 Å². The molecule has 0 aromatic carbocycles. The summed E-state index contributed by atoms with van der Waals surface area (Å²) in [4.78, 5) is 3.20. The highest BCUT2D eigenvalue weighted by Gasteiger charge is 2.32. The van der Waals surface area contributed by atoms with Crippen molar-refractivity contribution in [3.05, 3.63) is 27.5 Å². The van der Waals surface area contributed by atoms with Crippen LogP contribution in [0.5, 0.6) is 0 Å². The van der Waals surface area contributed by atoms with Crippen LogP contribution < -0.4 is 0 Å². The lowest BCUT2D eigenvalue weighted by Gasteiger charge is -2.05. The van der Waals surface area contributed by atoms with E-state index >= 15 is 0 Å². The molecule has 1 nitrogen and oxygen atoms in total. The first-order valence-corrected chi connectivity index (χ1v) is 3.97. The molecule has 1 aromatic rings. The maximum Gasteiger partial charge on any atom is 0.433 e. The monoisotopic (exact) mass is 259 g/mol. The molecule has 0 aliphatic carbocycles. The molecule has 1 rings (SSSR count). The molecule has 0 unspecified atom stereocenters. The minimum Gasteiger partial charge on any atom is -0.235 e. The second kappa shape index (κ2) is 3.22. The molecular weight excluding hydrogens is 258 g/mol. The predicted molar refractivity (Wildman–Crippen MR) is 41.9 cm³/mol. The van der Waals surface area contributed by atoms with Crippen molar-refractivity contribution in [1.82, 2.24) is 4.98 Å². The molecule has 66 valence electrons. The van der Waals surface area contributed by atoms with Gasteiger partial charge in [-0.15, -0.1) is 0 Å². The van der Waals surface area contributed by atoms with Gasteiger partial charge in [-0.1, -0.05) is 11.6 Å². The molecule has 0 saturated carbocycles. The standard InChI is InChI=1S/C6H2BrClF3N/c7-5-3(8)1-2-4(12-5)6(9,10)11/h1-2H. The summed E-state index contributed by atoms with van der Waals surface area (Å²) in [5, 5.41) is 0.156. The Morgan fingerprint density at radius 2 is 1.92 bits per heavy atom. The van der Waals surface area contributed by atoms with Gasteiger partial charge in [0.2, 0.25) is 0 Å². The largest absolute Gasteiger partial charge is 0.433 e. The highest BCUT2D eigenvalue weighted by molar-refractivity contribution is 9.10. The van der Waals surface area contributed by atoms with E-state index in [1.807, 2.05) is 0 Å². The van der Waals surface area contributed by atoms with E-state index in [1.54, 1.807) is 0 Å². The lowest BCUT2D eigenvalue weighted by Crippen LogP contribution is -2.07. The molecule has 0 bridgehead atoms. The molecule has 1 heterocycles. The first-order valence-electron chi connectivity index (χ1n) is 2.80. The van der Waals surface area contributed by atoms with Crippen molar-refractivity contribution in [3.63, 3.8) is 0 Å². The highest BCUT2D eigenvalue weighted by atomic mass is 79.9. The van der Waals surface area contributed by atoms with E-state index in [-0.39, 0.29) is 9.63 Å². The number of aromatic nitrogens is 1. The Morgan fingerprint density at radius 3 is 2.33 bits per heavy atom. The topological polar surface area (TPSA) is 12.9 Å². The van der Waals surface area contributed by atoms with E-state index in [1.165, 1.54) is 0 Å². The number of pyridine rings is 1. The minimum atomic E-state index is -4.42. The van der Waals surface area contributed by atoms with Crippen LogP contribution in [-0.4, -0.2) is 4.98 Å². The van der Waals surface area contributed by atoms with E-state index in [0.29, 0.717) is 0 Å². The van der Waals surface area contributed by atoms with Crippen LogP contribution in [0.2, 0.25) is 5.02 Å². The zero-order chi connectivity index (χ0) is 9.35. The molecular formula is C6H2BrClF3N. The average molecular weight is 260 g/mol. The van der Waals surface area contributed by atoms with Crippen LogP contribution in [0.1, 0.15) is 5.69 Å². The van der Waals surface area contributed by atoms with Gasteiger partial charge in [-0.2, -0.15) is 13.2 Å². The van der Waals surface area contributed by atoms with Crippen LogP contribution in [0.3, 0.4) is 0 Å². The lowest BCUT2D eigenvalue weighted by atomic mass is 10.3. The van der Waals surface area contributed by atoms with Crippen LogP contribution in [0.25, 0.3) is 0 Å². The first-order chi connectivity index (χ1) is 5.41. The first kappa shape index (κ1) is 9.80. The molecule has 0 aliphatic heterocycles. The maximum absolute atomic E-state index is 12.0. The van der Waals surface area contributed by atoms with Crippen molar-refractivity contribution < 1.29 is 13.2 Å². The Morgan fingerprint density at radius 1 is 1.33 bits per heavy atom. The van der Waals surface area contributed by atoms with Gasteiger partial charge >= 0.3 is 6.18 Å². The van der Waals surface area contributed by atoms with Crippen molar-refractivity contribution >= 4 is 27.5 Å². The van der Waals surface area contributed by atoms with Crippen molar-refractivity contribution in [2.24, 2.45) is 0 Å². The quantitative estimate of drug-likeness (QED) is 0.650. The SMILES string of the molecule is FC(F)(F)c1ccc(Cl)c(Br)n1. The molecule has 12 heavy (non-hydrogen) atoms. The Labute approximate surface area is 79.7 Å². The molecule has 1 aromatic heterocycles. The molecule has 0 fully saturated rings. The summed E-state index contributed by atoms with van der Waals surface area (Å²) in [6.07, 6.45) is -4.42. The van der Waals surface area contributed by atoms with Gasteiger partial charge in [0.25, 0.3) is 0 Å². The van der Waals surface area contributed by atoms with Gasteiger partial charge in [0.1, 0.15) is 10.3 Å². The summed E-state index contributed by atoms with van der Waals surface area (Å²) in [6.45, 7) is 0. The van der Waals surface area contributed by atoms with Gasteiger partial charge in [-0.05, 0) is 28.1 Å². The van der Waals surface area contributed by atoms with E-state index in [4.69, 9.17) is 11.6 Å².